The lowest BCUT2D eigenvalue weighted by molar-refractivity contribution is 0.293. The Morgan fingerprint density at radius 2 is 2.25 bits per heavy atom. The van der Waals surface area contributed by atoms with Crippen molar-refractivity contribution in [2.75, 3.05) is 5.73 Å². The third kappa shape index (κ3) is 2.16. The summed E-state index contributed by atoms with van der Waals surface area (Å²) in [6.45, 7) is 2.43. The third-order valence-electron chi connectivity index (χ3n) is 2.44. The van der Waals surface area contributed by atoms with Crippen LogP contribution in [0.3, 0.4) is 0 Å². The van der Waals surface area contributed by atoms with E-state index in [0.29, 0.717) is 18.0 Å². The molecule has 0 fully saturated rings. The van der Waals surface area contributed by atoms with E-state index in [9.17, 15) is 0 Å². The molecule has 0 spiro atoms. The van der Waals surface area contributed by atoms with Crippen LogP contribution in [-0.4, -0.2) is 9.55 Å². The standard InChI is InChI=1S/C12H15N3O/c1-9-3-4-11(10(13)7-9)16-8-12-14-5-6-15(12)2/h3-7H,8,13H2,1-2H3. The normalized spacial score (nSPS) is 10.4. The lowest BCUT2D eigenvalue weighted by Gasteiger charge is -2.09. The lowest BCUT2D eigenvalue weighted by atomic mass is 10.2. The van der Waals surface area contributed by atoms with Crippen LogP contribution < -0.4 is 10.5 Å². The summed E-state index contributed by atoms with van der Waals surface area (Å²) in [7, 11) is 1.93. The molecule has 0 unspecified atom stereocenters. The van der Waals surface area contributed by atoms with E-state index in [0.717, 1.165) is 11.4 Å². The largest absolute Gasteiger partial charge is 0.484 e. The van der Waals surface area contributed by atoms with Crippen molar-refractivity contribution in [3.05, 3.63) is 42.0 Å². The summed E-state index contributed by atoms with van der Waals surface area (Å²) in [4.78, 5) is 4.18. The van der Waals surface area contributed by atoms with Crippen LogP contribution in [0.2, 0.25) is 0 Å². The van der Waals surface area contributed by atoms with E-state index >= 15 is 0 Å². The Labute approximate surface area is 94.7 Å². The van der Waals surface area contributed by atoms with E-state index < -0.39 is 0 Å². The van der Waals surface area contributed by atoms with Gasteiger partial charge in [0.2, 0.25) is 0 Å². The zero-order valence-electron chi connectivity index (χ0n) is 9.47. The van der Waals surface area contributed by atoms with Gasteiger partial charge in [-0.1, -0.05) is 6.07 Å². The Hall–Kier alpha value is -1.97. The van der Waals surface area contributed by atoms with Gasteiger partial charge >= 0.3 is 0 Å². The SMILES string of the molecule is Cc1ccc(OCc2nccn2C)c(N)c1. The highest BCUT2D eigenvalue weighted by atomic mass is 16.5. The van der Waals surface area contributed by atoms with Crippen LogP contribution in [0.5, 0.6) is 5.75 Å². The van der Waals surface area contributed by atoms with Gasteiger partial charge in [-0.2, -0.15) is 0 Å². The average Bonchev–Trinajstić information content (AvgIpc) is 2.63. The van der Waals surface area contributed by atoms with Crippen molar-refractivity contribution in [3.63, 3.8) is 0 Å². The highest BCUT2D eigenvalue weighted by molar-refractivity contribution is 5.53. The Kier molecular flexibility index (Phi) is 2.81. The molecule has 4 heteroatoms. The van der Waals surface area contributed by atoms with Crippen LogP contribution in [0, 0.1) is 6.92 Å². The zero-order valence-corrected chi connectivity index (χ0v) is 9.47. The number of anilines is 1. The predicted octanol–water partition coefficient (Wildman–Crippen LogP) is 1.89. The molecule has 0 saturated carbocycles. The number of nitrogen functional groups attached to an aromatic ring is 1. The van der Waals surface area contributed by atoms with Crippen LogP contribution in [0.25, 0.3) is 0 Å². The number of nitrogens with zero attached hydrogens (tertiary/aromatic N) is 2. The van der Waals surface area contributed by atoms with Gasteiger partial charge in [-0.15, -0.1) is 0 Å². The second-order valence-electron chi connectivity index (χ2n) is 3.78. The molecule has 4 nitrogen and oxygen atoms in total. The predicted molar refractivity (Wildman–Crippen MR) is 63.1 cm³/mol. The summed E-state index contributed by atoms with van der Waals surface area (Å²) in [5, 5.41) is 0. The smallest absolute Gasteiger partial charge is 0.146 e. The Balaban J connectivity index is 2.08. The van der Waals surface area contributed by atoms with Gasteiger partial charge in [-0.3, -0.25) is 0 Å². The minimum absolute atomic E-state index is 0.427. The van der Waals surface area contributed by atoms with Crippen molar-refractivity contribution < 1.29 is 4.74 Å². The minimum Gasteiger partial charge on any atom is -0.484 e. The van der Waals surface area contributed by atoms with E-state index in [4.69, 9.17) is 10.5 Å². The van der Waals surface area contributed by atoms with Gasteiger partial charge in [0.15, 0.2) is 0 Å². The van der Waals surface area contributed by atoms with Gasteiger partial charge in [0.1, 0.15) is 18.2 Å². The first-order valence-corrected chi connectivity index (χ1v) is 5.12. The highest BCUT2D eigenvalue weighted by Gasteiger charge is 2.03. The second-order valence-corrected chi connectivity index (χ2v) is 3.78. The van der Waals surface area contributed by atoms with E-state index in [1.54, 1.807) is 6.20 Å². The maximum atomic E-state index is 5.85. The molecular formula is C12H15N3O. The molecule has 84 valence electrons. The molecule has 0 atom stereocenters. The number of imidazole rings is 1. The van der Waals surface area contributed by atoms with Gasteiger partial charge in [0, 0.05) is 19.4 Å². The summed E-state index contributed by atoms with van der Waals surface area (Å²) in [5.74, 6) is 1.58. The highest BCUT2D eigenvalue weighted by Crippen LogP contribution is 2.22. The molecule has 16 heavy (non-hydrogen) atoms. The monoisotopic (exact) mass is 217 g/mol. The maximum absolute atomic E-state index is 5.85. The van der Waals surface area contributed by atoms with Crippen molar-refractivity contribution in [1.29, 1.82) is 0 Å². The van der Waals surface area contributed by atoms with Crippen molar-refractivity contribution in [1.82, 2.24) is 9.55 Å². The Bertz CT molecular complexity index is 491. The van der Waals surface area contributed by atoms with Crippen LogP contribution in [0.15, 0.2) is 30.6 Å². The van der Waals surface area contributed by atoms with E-state index in [-0.39, 0.29) is 0 Å². The number of benzene rings is 1. The fraction of sp³-hybridized carbons (Fsp3) is 0.250. The summed E-state index contributed by atoms with van der Waals surface area (Å²) in [6, 6.07) is 5.76. The molecule has 0 radical (unpaired) electrons. The summed E-state index contributed by atoms with van der Waals surface area (Å²) in [5.41, 5.74) is 7.63. The Morgan fingerprint density at radius 3 is 2.88 bits per heavy atom. The number of hydrogen-bond donors (Lipinski definition) is 1. The van der Waals surface area contributed by atoms with Crippen molar-refractivity contribution in [2.45, 2.75) is 13.5 Å². The zero-order chi connectivity index (χ0) is 11.5. The summed E-state index contributed by atoms with van der Waals surface area (Å²) < 4.78 is 7.53. The molecule has 2 N–H and O–H groups in total. The number of aryl methyl sites for hydroxylation is 2. The number of hydrogen-bond acceptors (Lipinski definition) is 3. The van der Waals surface area contributed by atoms with Crippen LogP contribution in [0.1, 0.15) is 11.4 Å². The Morgan fingerprint density at radius 1 is 1.44 bits per heavy atom. The fourth-order valence-corrected chi connectivity index (χ4v) is 1.48. The van der Waals surface area contributed by atoms with E-state index in [1.807, 2.05) is 42.9 Å². The second kappa shape index (κ2) is 4.26. The third-order valence-corrected chi connectivity index (χ3v) is 2.44. The molecular weight excluding hydrogens is 202 g/mol. The average molecular weight is 217 g/mol. The lowest BCUT2D eigenvalue weighted by Crippen LogP contribution is -2.04. The maximum Gasteiger partial charge on any atom is 0.146 e. The molecule has 0 amide bonds. The number of rotatable bonds is 3. The number of aromatic nitrogens is 2. The molecule has 1 heterocycles. The van der Waals surface area contributed by atoms with Crippen molar-refractivity contribution in [2.24, 2.45) is 7.05 Å². The molecule has 0 saturated heterocycles. The number of ether oxygens (including phenoxy) is 1. The summed E-state index contributed by atoms with van der Waals surface area (Å²) >= 11 is 0. The van der Waals surface area contributed by atoms with Crippen LogP contribution in [-0.2, 0) is 13.7 Å². The number of nitrogens with two attached hydrogens (primary N) is 1. The first-order chi connectivity index (χ1) is 7.66. The molecule has 2 rings (SSSR count). The van der Waals surface area contributed by atoms with Crippen LogP contribution in [0.4, 0.5) is 5.69 Å². The fourth-order valence-electron chi connectivity index (χ4n) is 1.48. The molecule has 1 aromatic carbocycles. The quantitative estimate of drug-likeness (QED) is 0.799. The molecule has 0 bridgehead atoms. The van der Waals surface area contributed by atoms with Gasteiger partial charge < -0.3 is 15.0 Å². The van der Waals surface area contributed by atoms with Crippen molar-refractivity contribution >= 4 is 5.69 Å². The van der Waals surface area contributed by atoms with Gasteiger partial charge in [-0.05, 0) is 24.6 Å². The van der Waals surface area contributed by atoms with E-state index in [1.165, 1.54) is 0 Å². The van der Waals surface area contributed by atoms with Gasteiger partial charge in [-0.25, -0.2) is 4.98 Å². The van der Waals surface area contributed by atoms with Crippen LogP contribution >= 0.6 is 0 Å². The molecule has 0 aliphatic rings. The van der Waals surface area contributed by atoms with Gasteiger partial charge in [0.25, 0.3) is 0 Å². The van der Waals surface area contributed by atoms with Gasteiger partial charge in [0.05, 0.1) is 5.69 Å². The summed E-state index contributed by atoms with van der Waals surface area (Å²) in [6.07, 6.45) is 3.63. The van der Waals surface area contributed by atoms with Crippen molar-refractivity contribution in [3.8, 4) is 5.75 Å². The topological polar surface area (TPSA) is 53.1 Å². The molecule has 0 aliphatic heterocycles. The first-order valence-electron chi connectivity index (χ1n) is 5.12. The minimum atomic E-state index is 0.427. The van der Waals surface area contributed by atoms with E-state index in [2.05, 4.69) is 4.98 Å². The first kappa shape index (κ1) is 10.5. The molecule has 2 aromatic rings. The molecule has 1 aromatic heterocycles. The molecule has 0 aliphatic carbocycles.